The first-order valence-electron chi connectivity index (χ1n) is 4.44. The molecule has 1 unspecified atom stereocenters. The monoisotopic (exact) mass is 243 g/mol. The molecule has 2 aromatic heterocycles. The van der Waals surface area contributed by atoms with Gasteiger partial charge in [-0.3, -0.25) is 5.10 Å². The summed E-state index contributed by atoms with van der Waals surface area (Å²) in [7, 11) is 0. The molecule has 0 saturated heterocycles. The Balaban J connectivity index is 1.88. The maximum absolute atomic E-state index is 5.77. The molecule has 7 heteroatoms. The quantitative estimate of drug-likeness (QED) is 0.859. The highest BCUT2D eigenvalue weighted by atomic mass is 35.5. The SMILES string of the molecule is CC(NCc1ncc(Cl)s1)c1ncn[nH]1. The summed E-state index contributed by atoms with van der Waals surface area (Å²) in [5, 5.41) is 10.8. The highest BCUT2D eigenvalue weighted by molar-refractivity contribution is 7.15. The molecule has 0 aliphatic carbocycles. The van der Waals surface area contributed by atoms with Gasteiger partial charge in [0.05, 0.1) is 12.2 Å². The number of aromatic nitrogens is 4. The number of rotatable bonds is 4. The van der Waals surface area contributed by atoms with E-state index < -0.39 is 0 Å². The lowest BCUT2D eigenvalue weighted by molar-refractivity contribution is 0.547. The van der Waals surface area contributed by atoms with Crippen LogP contribution in [-0.4, -0.2) is 20.2 Å². The molecular weight excluding hydrogens is 234 g/mol. The minimum absolute atomic E-state index is 0.121. The highest BCUT2D eigenvalue weighted by Crippen LogP contribution is 2.18. The topological polar surface area (TPSA) is 66.5 Å². The van der Waals surface area contributed by atoms with E-state index in [0.29, 0.717) is 10.9 Å². The molecular formula is C8H10ClN5S. The van der Waals surface area contributed by atoms with Gasteiger partial charge in [-0.1, -0.05) is 11.6 Å². The molecule has 2 N–H and O–H groups in total. The van der Waals surface area contributed by atoms with E-state index in [0.717, 1.165) is 10.8 Å². The minimum atomic E-state index is 0.121. The summed E-state index contributed by atoms with van der Waals surface area (Å²) in [6.45, 7) is 2.69. The second-order valence-electron chi connectivity index (χ2n) is 3.03. The second-order valence-corrected chi connectivity index (χ2v) is 4.78. The first-order valence-corrected chi connectivity index (χ1v) is 5.64. The summed E-state index contributed by atoms with van der Waals surface area (Å²) in [5.74, 6) is 0.817. The first kappa shape index (κ1) is 10.5. The zero-order chi connectivity index (χ0) is 10.7. The van der Waals surface area contributed by atoms with Crippen LogP contribution >= 0.6 is 22.9 Å². The van der Waals surface area contributed by atoms with E-state index in [2.05, 4.69) is 25.5 Å². The van der Waals surface area contributed by atoms with Gasteiger partial charge in [0.2, 0.25) is 0 Å². The fourth-order valence-corrected chi connectivity index (χ4v) is 2.04. The van der Waals surface area contributed by atoms with E-state index in [1.807, 2.05) is 6.92 Å². The molecule has 5 nitrogen and oxygen atoms in total. The van der Waals surface area contributed by atoms with Crippen molar-refractivity contribution in [2.24, 2.45) is 0 Å². The molecule has 0 amide bonds. The molecule has 0 spiro atoms. The van der Waals surface area contributed by atoms with Gasteiger partial charge in [0.1, 0.15) is 21.5 Å². The third kappa shape index (κ3) is 2.74. The largest absolute Gasteiger partial charge is 0.301 e. The molecule has 0 radical (unpaired) electrons. The Morgan fingerprint density at radius 1 is 1.60 bits per heavy atom. The van der Waals surface area contributed by atoms with Crippen LogP contribution in [-0.2, 0) is 6.54 Å². The summed E-state index contributed by atoms with van der Waals surface area (Å²) in [4.78, 5) is 8.21. The lowest BCUT2D eigenvalue weighted by Gasteiger charge is -2.08. The van der Waals surface area contributed by atoms with Crippen LogP contribution in [0.15, 0.2) is 12.5 Å². The number of hydrogen-bond acceptors (Lipinski definition) is 5. The summed E-state index contributed by atoms with van der Waals surface area (Å²) < 4.78 is 0.708. The maximum atomic E-state index is 5.77. The van der Waals surface area contributed by atoms with Crippen molar-refractivity contribution in [2.75, 3.05) is 0 Å². The molecule has 0 aromatic carbocycles. The van der Waals surface area contributed by atoms with Gasteiger partial charge in [-0.25, -0.2) is 9.97 Å². The number of thiazole rings is 1. The maximum Gasteiger partial charge on any atom is 0.141 e. The average molecular weight is 244 g/mol. The molecule has 2 rings (SSSR count). The van der Waals surface area contributed by atoms with E-state index in [9.17, 15) is 0 Å². The predicted octanol–water partition coefficient (Wildman–Crippen LogP) is 1.77. The number of aromatic amines is 1. The van der Waals surface area contributed by atoms with E-state index in [-0.39, 0.29) is 6.04 Å². The Morgan fingerprint density at radius 3 is 3.07 bits per heavy atom. The van der Waals surface area contributed by atoms with Crippen molar-refractivity contribution in [3.05, 3.63) is 27.7 Å². The van der Waals surface area contributed by atoms with Crippen molar-refractivity contribution in [3.63, 3.8) is 0 Å². The van der Waals surface area contributed by atoms with Gasteiger partial charge in [-0.15, -0.1) is 11.3 Å². The first-order chi connectivity index (χ1) is 7.25. The van der Waals surface area contributed by atoms with Gasteiger partial charge < -0.3 is 5.32 Å². The van der Waals surface area contributed by atoms with Gasteiger partial charge in [0, 0.05) is 6.54 Å². The van der Waals surface area contributed by atoms with Crippen LogP contribution in [0.5, 0.6) is 0 Å². The molecule has 2 heterocycles. The Kier molecular flexibility index (Phi) is 3.30. The lowest BCUT2D eigenvalue weighted by atomic mass is 10.3. The zero-order valence-electron chi connectivity index (χ0n) is 8.07. The van der Waals surface area contributed by atoms with Crippen molar-refractivity contribution in [3.8, 4) is 0 Å². The van der Waals surface area contributed by atoms with E-state index in [1.165, 1.54) is 17.7 Å². The molecule has 80 valence electrons. The summed E-state index contributed by atoms with van der Waals surface area (Å²) in [6.07, 6.45) is 3.15. The van der Waals surface area contributed by atoms with Gasteiger partial charge >= 0.3 is 0 Å². The van der Waals surface area contributed by atoms with E-state index in [1.54, 1.807) is 6.20 Å². The second kappa shape index (κ2) is 4.69. The molecule has 0 aliphatic heterocycles. The molecule has 1 atom stereocenters. The van der Waals surface area contributed by atoms with Gasteiger partial charge in [0.25, 0.3) is 0 Å². The highest BCUT2D eigenvalue weighted by Gasteiger charge is 2.08. The Bertz CT molecular complexity index is 412. The zero-order valence-corrected chi connectivity index (χ0v) is 9.64. The van der Waals surface area contributed by atoms with Crippen LogP contribution in [0.4, 0.5) is 0 Å². The van der Waals surface area contributed by atoms with Crippen molar-refractivity contribution in [2.45, 2.75) is 19.5 Å². The molecule has 0 fully saturated rings. The van der Waals surface area contributed by atoms with Crippen molar-refractivity contribution in [1.29, 1.82) is 0 Å². The molecule has 0 aliphatic rings. The van der Waals surface area contributed by atoms with Crippen molar-refractivity contribution >= 4 is 22.9 Å². The average Bonchev–Trinajstić information content (AvgIpc) is 2.84. The molecule has 0 bridgehead atoms. The number of hydrogen-bond donors (Lipinski definition) is 2. The Hall–Kier alpha value is -0.980. The van der Waals surface area contributed by atoms with Gasteiger partial charge in [0.15, 0.2) is 0 Å². The summed E-state index contributed by atoms with van der Waals surface area (Å²) in [6, 6.07) is 0.121. The van der Waals surface area contributed by atoms with Crippen LogP contribution in [0.25, 0.3) is 0 Å². The lowest BCUT2D eigenvalue weighted by Crippen LogP contribution is -2.19. The van der Waals surface area contributed by atoms with Gasteiger partial charge in [-0.2, -0.15) is 5.10 Å². The van der Waals surface area contributed by atoms with E-state index in [4.69, 9.17) is 11.6 Å². The van der Waals surface area contributed by atoms with Crippen LogP contribution in [0.3, 0.4) is 0 Å². The number of halogens is 1. The summed E-state index contributed by atoms with van der Waals surface area (Å²) in [5.41, 5.74) is 0. The number of nitrogens with zero attached hydrogens (tertiary/aromatic N) is 3. The summed E-state index contributed by atoms with van der Waals surface area (Å²) >= 11 is 7.25. The Morgan fingerprint density at radius 2 is 2.47 bits per heavy atom. The Labute approximate surface area is 95.9 Å². The van der Waals surface area contributed by atoms with E-state index >= 15 is 0 Å². The van der Waals surface area contributed by atoms with Crippen LogP contribution in [0.2, 0.25) is 4.34 Å². The van der Waals surface area contributed by atoms with Gasteiger partial charge in [-0.05, 0) is 6.92 Å². The van der Waals surface area contributed by atoms with Crippen LogP contribution in [0.1, 0.15) is 23.8 Å². The predicted molar refractivity (Wildman–Crippen MR) is 58.8 cm³/mol. The number of nitrogens with one attached hydrogen (secondary N) is 2. The smallest absolute Gasteiger partial charge is 0.141 e. The molecule has 15 heavy (non-hydrogen) atoms. The minimum Gasteiger partial charge on any atom is -0.301 e. The fraction of sp³-hybridized carbons (Fsp3) is 0.375. The van der Waals surface area contributed by atoms with Crippen LogP contribution < -0.4 is 5.32 Å². The fourth-order valence-electron chi connectivity index (χ4n) is 1.13. The van der Waals surface area contributed by atoms with Crippen LogP contribution in [0, 0.1) is 0 Å². The third-order valence-electron chi connectivity index (χ3n) is 1.93. The van der Waals surface area contributed by atoms with Crippen molar-refractivity contribution < 1.29 is 0 Å². The normalized spacial score (nSPS) is 12.9. The van der Waals surface area contributed by atoms with Crippen molar-refractivity contribution in [1.82, 2.24) is 25.5 Å². The standard InChI is InChI=1S/C8H10ClN5S/c1-5(8-12-4-13-14-8)10-3-7-11-2-6(9)15-7/h2,4-5,10H,3H2,1H3,(H,12,13,14). The number of H-pyrrole nitrogens is 1. The molecule has 0 saturated carbocycles. The molecule has 2 aromatic rings. The third-order valence-corrected chi connectivity index (χ3v) is 3.04.